The van der Waals surface area contributed by atoms with Crippen LogP contribution in [0.2, 0.25) is 0 Å². The van der Waals surface area contributed by atoms with Gasteiger partial charge in [0.1, 0.15) is 5.65 Å². The summed E-state index contributed by atoms with van der Waals surface area (Å²) in [6, 6.07) is 58.2. The maximum atomic E-state index is 5.12. The summed E-state index contributed by atoms with van der Waals surface area (Å²) >= 11 is 0. The Bertz CT molecular complexity index is 2630. The first-order valence-electron chi connectivity index (χ1n) is 16.0. The molecule has 0 radical (unpaired) electrons. The fourth-order valence-corrected chi connectivity index (χ4v) is 8.77. The van der Waals surface area contributed by atoms with Gasteiger partial charge in [-0.1, -0.05) is 133 Å². The molecular weight excluding hydrogens is 556 g/mol. The van der Waals surface area contributed by atoms with E-state index in [2.05, 4.69) is 162 Å². The Labute approximate surface area is 266 Å². The molecule has 0 atom stereocenters. The Hall–Kier alpha value is -5.99. The summed E-state index contributed by atoms with van der Waals surface area (Å²) in [4.78, 5) is 5.12. The minimum absolute atomic E-state index is 0.347. The summed E-state index contributed by atoms with van der Waals surface area (Å²) in [6.07, 6.45) is 0. The molecule has 1 spiro atoms. The molecular formula is C44H26N2. The molecule has 11 rings (SSSR count). The first-order valence-corrected chi connectivity index (χ1v) is 16.0. The average molecular weight is 583 g/mol. The van der Waals surface area contributed by atoms with E-state index in [9.17, 15) is 0 Å². The lowest BCUT2D eigenvalue weighted by Gasteiger charge is -2.30. The zero-order chi connectivity index (χ0) is 30.0. The van der Waals surface area contributed by atoms with E-state index in [1.807, 2.05) is 0 Å². The Kier molecular flexibility index (Phi) is 4.55. The van der Waals surface area contributed by atoms with Crippen molar-refractivity contribution in [3.05, 3.63) is 180 Å². The molecule has 9 aromatic rings. The number of nitrogens with zero attached hydrogens (tertiary/aromatic N) is 2. The molecule has 0 bridgehead atoms. The summed E-state index contributed by atoms with van der Waals surface area (Å²) in [7, 11) is 0. The van der Waals surface area contributed by atoms with E-state index in [1.54, 1.807) is 0 Å². The highest BCUT2D eigenvalue weighted by molar-refractivity contribution is 6.14. The molecule has 2 aliphatic carbocycles. The first kappa shape index (κ1) is 24.3. The molecule has 2 heteroatoms. The maximum absolute atomic E-state index is 5.12. The van der Waals surface area contributed by atoms with E-state index in [0.717, 1.165) is 16.9 Å². The lowest BCUT2D eigenvalue weighted by molar-refractivity contribution is 0.794. The highest BCUT2D eigenvalue weighted by atomic mass is 15.0. The zero-order valence-corrected chi connectivity index (χ0v) is 24.9. The van der Waals surface area contributed by atoms with E-state index in [1.165, 1.54) is 77.4 Å². The van der Waals surface area contributed by atoms with Gasteiger partial charge < -0.3 is 0 Å². The van der Waals surface area contributed by atoms with Gasteiger partial charge in [-0.3, -0.25) is 4.40 Å². The Morgan fingerprint density at radius 3 is 1.70 bits per heavy atom. The Morgan fingerprint density at radius 2 is 1.00 bits per heavy atom. The van der Waals surface area contributed by atoms with Crippen LogP contribution in [-0.2, 0) is 5.41 Å². The van der Waals surface area contributed by atoms with Gasteiger partial charge in [0, 0.05) is 16.3 Å². The Balaban J connectivity index is 1.19. The zero-order valence-electron chi connectivity index (χ0n) is 24.9. The van der Waals surface area contributed by atoms with Gasteiger partial charge in [-0.25, -0.2) is 4.98 Å². The minimum Gasteiger partial charge on any atom is -0.292 e. The molecule has 212 valence electrons. The van der Waals surface area contributed by atoms with Crippen molar-refractivity contribution in [3.63, 3.8) is 0 Å². The SMILES string of the molecule is c1ccc(-c2nc3cccc4c5ccc(-c6ccc7c(c6)C6(c8ccccc8-c8ccccc86)c6ccccc6-7)cc5c2n34)cc1. The van der Waals surface area contributed by atoms with E-state index in [0.29, 0.717) is 0 Å². The van der Waals surface area contributed by atoms with Crippen molar-refractivity contribution >= 4 is 27.5 Å². The second-order valence-electron chi connectivity index (χ2n) is 12.7. The topological polar surface area (TPSA) is 17.3 Å². The molecule has 0 aliphatic heterocycles. The van der Waals surface area contributed by atoms with Crippen LogP contribution in [-0.4, -0.2) is 9.38 Å². The fourth-order valence-electron chi connectivity index (χ4n) is 8.77. The number of aromatic nitrogens is 2. The molecule has 0 fully saturated rings. The maximum Gasteiger partial charge on any atom is 0.138 e. The largest absolute Gasteiger partial charge is 0.292 e. The molecule has 0 N–H and O–H groups in total. The third-order valence-electron chi connectivity index (χ3n) is 10.6. The quantitative estimate of drug-likeness (QED) is 0.198. The summed E-state index contributed by atoms with van der Waals surface area (Å²) in [6.45, 7) is 0. The van der Waals surface area contributed by atoms with Crippen LogP contribution in [0.5, 0.6) is 0 Å². The van der Waals surface area contributed by atoms with Crippen molar-refractivity contribution < 1.29 is 0 Å². The van der Waals surface area contributed by atoms with Gasteiger partial charge in [-0.05, 0) is 79.9 Å². The van der Waals surface area contributed by atoms with Crippen LogP contribution < -0.4 is 0 Å². The standard InChI is InChI=1S/C44H26N2/c1-2-11-27(12-3-1)42-43-35-25-28(22-24-34(35)40-19-10-20-41(45-42)46(40)43)29-21-23-33-32-15-6-9-18-38(32)44(39(33)26-29)36-16-7-4-13-30(36)31-14-5-8-17-37(31)44/h1-26H. The molecule has 3 heterocycles. The van der Waals surface area contributed by atoms with E-state index >= 15 is 0 Å². The van der Waals surface area contributed by atoms with Crippen LogP contribution in [0.3, 0.4) is 0 Å². The normalized spacial score (nSPS) is 13.8. The lowest BCUT2D eigenvalue weighted by Crippen LogP contribution is -2.25. The van der Waals surface area contributed by atoms with E-state index in [4.69, 9.17) is 4.98 Å². The average Bonchev–Trinajstić information content (AvgIpc) is 3.85. The number of rotatable bonds is 2. The Morgan fingerprint density at radius 1 is 0.413 bits per heavy atom. The van der Waals surface area contributed by atoms with Crippen molar-refractivity contribution in [2.45, 2.75) is 5.41 Å². The van der Waals surface area contributed by atoms with Gasteiger partial charge in [0.2, 0.25) is 0 Å². The molecule has 0 saturated carbocycles. The second kappa shape index (κ2) is 8.59. The van der Waals surface area contributed by atoms with Crippen molar-refractivity contribution in [2.75, 3.05) is 0 Å². The third kappa shape index (κ3) is 2.86. The second-order valence-corrected chi connectivity index (χ2v) is 12.7. The van der Waals surface area contributed by atoms with Crippen molar-refractivity contribution in [1.82, 2.24) is 9.38 Å². The van der Waals surface area contributed by atoms with Gasteiger partial charge >= 0.3 is 0 Å². The molecule has 2 aliphatic rings. The van der Waals surface area contributed by atoms with Crippen LogP contribution >= 0.6 is 0 Å². The van der Waals surface area contributed by atoms with Gasteiger partial charge in [-0.15, -0.1) is 0 Å². The summed E-state index contributed by atoms with van der Waals surface area (Å²) in [5, 5.41) is 2.49. The van der Waals surface area contributed by atoms with Gasteiger partial charge in [0.15, 0.2) is 0 Å². The summed E-state index contributed by atoms with van der Waals surface area (Å²) in [5.41, 5.74) is 18.4. The monoisotopic (exact) mass is 582 g/mol. The summed E-state index contributed by atoms with van der Waals surface area (Å²) < 4.78 is 2.33. The van der Waals surface area contributed by atoms with Gasteiger partial charge in [-0.2, -0.15) is 0 Å². The molecule has 46 heavy (non-hydrogen) atoms. The molecule has 0 saturated heterocycles. The first-order chi connectivity index (χ1) is 22.8. The van der Waals surface area contributed by atoms with E-state index < -0.39 is 0 Å². The van der Waals surface area contributed by atoms with Crippen molar-refractivity contribution in [3.8, 4) is 44.6 Å². The van der Waals surface area contributed by atoms with Crippen LogP contribution in [0.1, 0.15) is 22.3 Å². The number of imidazole rings is 1. The van der Waals surface area contributed by atoms with E-state index in [-0.39, 0.29) is 5.41 Å². The highest BCUT2D eigenvalue weighted by Crippen LogP contribution is 2.63. The van der Waals surface area contributed by atoms with Crippen LogP contribution in [0, 0.1) is 0 Å². The van der Waals surface area contributed by atoms with Crippen LogP contribution in [0.4, 0.5) is 0 Å². The van der Waals surface area contributed by atoms with Crippen molar-refractivity contribution in [2.24, 2.45) is 0 Å². The molecule has 0 amide bonds. The number of hydrogen-bond donors (Lipinski definition) is 0. The third-order valence-corrected chi connectivity index (χ3v) is 10.6. The highest BCUT2D eigenvalue weighted by Gasteiger charge is 2.51. The minimum atomic E-state index is -0.347. The fraction of sp³-hybridized carbons (Fsp3) is 0.0227. The molecule has 6 aromatic carbocycles. The predicted octanol–water partition coefficient (Wildman–Crippen LogP) is 10.8. The smallest absolute Gasteiger partial charge is 0.138 e. The van der Waals surface area contributed by atoms with Gasteiger partial charge in [0.05, 0.1) is 22.1 Å². The molecule has 2 nitrogen and oxygen atoms in total. The van der Waals surface area contributed by atoms with Crippen LogP contribution in [0.15, 0.2) is 158 Å². The summed E-state index contributed by atoms with van der Waals surface area (Å²) in [5.74, 6) is 0. The number of benzene rings is 6. The van der Waals surface area contributed by atoms with Crippen LogP contribution in [0.25, 0.3) is 72.1 Å². The number of hydrogen-bond acceptors (Lipinski definition) is 1. The van der Waals surface area contributed by atoms with Gasteiger partial charge in [0.25, 0.3) is 0 Å². The number of fused-ring (bicyclic) bond motifs is 13. The lowest BCUT2D eigenvalue weighted by atomic mass is 9.70. The van der Waals surface area contributed by atoms with Crippen molar-refractivity contribution in [1.29, 1.82) is 0 Å². The molecule has 3 aromatic heterocycles. The number of pyridine rings is 1. The predicted molar refractivity (Wildman–Crippen MR) is 189 cm³/mol. The molecule has 0 unspecified atom stereocenters.